The molecule has 0 bridgehead atoms. The van der Waals surface area contributed by atoms with Gasteiger partial charge in [-0.2, -0.15) is 0 Å². The average Bonchev–Trinajstić information content (AvgIpc) is 2.80. The zero-order valence-electron chi connectivity index (χ0n) is 19.8. The first-order valence-corrected chi connectivity index (χ1v) is 10.7. The summed E-state index contributed by atoms with van der Waals surface area (Å²) in [6.07, 6.45) is -0.585. The van der Waals surface area contributed by atoms with E-state index in [1.807, 2.05) is 51.1 Å². The highest BCUT2D eigenvalue weighted by Gasteiger charge is 2.13. The van der Waals surface area contributed by atoms with Crippen molar-refractivity contribution in [2.75, 3.05) is 34.4 Å². The van der Waals surface area contributed by atoms with Crippen LogP contribution in [0.25, 0.3) is 0 Å². The minimum Gasteiger partial charge on any atom is -0.496 e. The second kappa shape index (κ2) is 12.7. The summed E-state index contributed by atoms with van der Waals surface area (Å²) in [5.74, 6) is 3.23. The van der Waals surface area contributed by atoms with Gasteiger partial charge in [0.05, 0.1) is 40.1 Å². The van der Waals surface area contributed by atoms with Crippen LogP contribution >= 0.6 is 0 Å². The van der Waals surface area contributed by atoms with E-state index in [4.69, 9.17) is 18.9 Å². The fourth-order valence-corrected chi connectivity index (χ4v) is 3.07. The van der Waals surface area contributed by atoms with Crippen LogP contribution < -0.4 is 29.6 Å². The smallest absolute Gasteiger partial charge is 0.191 e. The van der Waals surface area contributed by atoms with Crippen LogP contribution in [-0.4, -0.2) is 51.6 Å². The number of methoxy groups -OCH3 is 3. The molecule has 2 rings (SSSR count). The van der Waals surface area contributed by atoms with Crippen molar-refractivity contribution < 1.29 is 24.1 Å². The van der Waals surface area contributed by atoms with Crippen LogP contribution in [0, 0.1) is 0 Å². The van der Waals surface area contributed by atoms with E-state index >= 15 is 0 Å². The van der Waals surface area contributed by atoms with E-state index in [0.717, 1.165) is 16.9 Å². The number of aliphatic hydroxyl groups excluding tert-OH is 1. The van der Waals surface area contributed by atoms with Gasteiger partial charge in [-0.3, -0.25) is 0 Å². The normalized spacial score (nSPS) is 12.3. The molecular weight excluding hydrogens is 410 g/mol. The Kier molecular flexibility index (Phi) is 9.94. The monoisotopic (exact) mass is 445 g/mol. The van der Waals surface area contributed by atoms with Crippen LogP contribution in [0.15, 0.2) is 41.4 Å². The number of nitrogens with zero attached hydrogens (tertiary/aromatic N) is 1. The molecule has 3 N–H and O–H groups in total. The largest absolute Gasteiger partial charge is 0.496 e. The van der Waals surface area contributed by atoms with Crippen molar-refractivity contribution in [3.05, 3.63) is 47.5 Å². The Labute approximate surface area is 190 Å². The van der Waals surface area contributed by atoms with Crippen molar-refractivity contribution in [2.45, 2.75) is 39.5 Å². The SMILES string of the molecule is CCNC(=NCc1cc(OC)c(OC)cc1OC)NCC(O)c1ccc(OC(C)C)cc1. The molecule has 8 nitrogen and oxygen atoms in total. The molecule has 2 aromatic carbocycles. The first-order chi connectivity index (χ1) is 15.4. The average molecular weight is 446 g/mol. The van der Waals surface area contributed by atoms with Gasteiger partial charge in [-0.05, 0) is 44.5 Å². The Balaban J connectivity index is 2.07. The van der Waals surface area contributed by atoms with Crippen molar-refractivity contribution in [1.82, 2.24) is 10.6 Å². The highest BCUT2D eigenvalue weighted by molar-refractivity contribution is 5.79. The number of benzene rings is 2. The molecule has 0 spiro atoms. The van der Waals surface area contributed by atoms with Crippen LogP contribution in [0.5, 0.6) is 23.0 Å². The Morgan fingerprint density at radius 2 is 1.56 bits per heavy atom. The minimum absolute atomic E-state index is 0.107. The van der Waals surface area contributed by atoms with Crippen molar-refractivity contribution in [3.63, 3.8) is 0 Å². The molecule has 0 amide bonds. The second-order valence-corrected chi connectivity index (χ2v) is 7.35. The third-order valence-corrected chi connectivity index (χ3v) is 4.64. The maximum absolute atomic E-state index is 10.6. The lowest BCUT2D eigenvalue weighted by atomic mass is 10.1. The van der Waals surface area contributed by atoms with Gasteiger partial charge in [0.25, 0.3) is 0 Å². The topological polar surface area (TPSA) is 93.6 Å². The highest BCUT2D eigenvalue weighted by atomic mass is 16.5. The molecule has 0 aliphatic rings. The summed E-state index contributed by atoms with van der Waals surface area (Å²) >= 11 is 0. The summed E-state index contributed by atoms with van der Waals surface area (Å²) in [6.45, 7) is 7.29. The number of ether oxygens (including phenoxy) is 4. The molecule has 8 heteroatoms. The van der Waals surface area contributed by atoms with Crippen LogP contribution in [0.1, 0.15) is 38.0 Å². The van der Waals surface area contributed by atoms with Gasteiger partial charge in [0.15, 0.2) is 17.5 Å². The van der Waals surface area contributed by atoms with Gasteiger partial charge in [-0.25, -0.2) is 4.99 Å². The summed E-state index contributed by atoms with van der Waals surface area (Å²) in [5, 5.41) is 16.9. The van der Waals surface area contributed by atoms with Crippen LogP contribution in [-0.2, 0) is 6.54 Å². The molecule has 0 saturated heterocycles. The molecule has 0 fully saturated rings. The Morgan fingerprint density at radius 1 is 0.938 bits per heavy atom. The lowest BCUT2D eigenvalue weighted by Gasteiger charge is -2.17. The first kappa shape index (κ1) is 25.1. The molecule has 0 heterocycles. The summed E-state index contributed by atoms with van der Waals surface area (Å²) in [6, 6.07) is 11.1. The molecule has 0 saturated carbocycles. The number of rotatable bonds is 11. The van der Waals surface area contributed by atoms with E-state index in [2.05, 4.69) is 15.6 Å². The maximum Gasteiger partial charge on any atom is 0.191 e. The summed E-state index contributed by atoms with van der Waals surface area (Å²) in [4.78, 5) is 4.62. The quantitative estimate of drug-likeness (QED) is 0.361. The van der Waals surface area contributed by atoms with E-state index in [0.29, 0.717) is 42.8 Å². The Hall–Kier alpha value is -3.13. The van der Waals surface area contributed by atoms with Gasteiger partial charge in [-0.15, -0.1) is 0 Å². The number of aliphatic hydroxyl groups is 1. The standard InChI is InChI=1S/C24H35N3O5/c1-7-25-24(26-14-18-12-22(30-5)23(31-6)13-21(18)29-4)27-15-20(28)17-8-10-19(11-9-17)32-16(2)3/h8-13,16,20,28H,7,14-15H2,1-6H3,(H2,25,26,27). The Morgan fingerprint density at radius 3 is 2.12 bits per heavy atom. The van der Waals surface area contributed by atoms with Crippen LogP contribution in [0.3, 0.4) is 0 Å². The van der Waals surface area contributed by atoms with Gasteiger partial charge < -0.3 is 34.7 Å². The Bertz CT molecular complexity index is 869. The predicted molar refractivity (Wildman–Crippen MR) is 126 cm³/mol. The van der Waals surface area contributed by atoms with Crippen LogP contribution in [0.4, 0.5) is 0 Å². The van der Waals surface area contributed by atoms with Crippen LogP contribution in [0.2, 0.25) is 0 Å². The molecule has 1 unspecified atom stereocenters. The second-order valence-electron chi connectivity index (χ2n) is 7.35. The third-order valence-electron chi connectivity index (χ3n) is 4.64. The molecular formula is C24H35N3O5. The molecule has 0 radical (unpaired) electrons. The van der Waals surface area contributed by atoms with Crippen molar-refractivity contribution in [2.24, 2.45) is 4.99 Å². The summed E-state index contributed by atoms with van der Waals surface area (Å²) < 4.78 is 21.8. The van der Waals surface area contributed by atoms with Crippen molar-refractivity contribution in [3.8, 4) is 23.0 Å². The number of aliphatic imine (C=N–C) groups is 1. The minimum atomic E-state index is -0.692. The summed E-state index contributed by atoms with van der Waals surface area (Å²) in [5.41, 5.74) is 1.65. The molecule has 0 aromatic heterocycles. The lowest BCUT2D eigenvalue weighted by Crippen LogP contribution is -2.39. The number of guanidine groups is 1. The zero-order chi connectivity index (χ0) is 23.5. The molecule has 0 aliphatic carbocycles. The van der Waals surface area contributed by atoms with E-state index in [9.17, 15) is 5.11 Å². The van der Waals surface area contributed by atoms with E-state index in [-0.39, 0.29) is 6.10 Å². The van der Waals surface area contributed by atoms with Crippen molar-refractivity contribution in [1.29, 1.82) is 0 Å². The molecule has 2 aromatic rings. The fourth-order valence-electron chi connectivity index (χ4n) is 3.07. The number of hydrogen-bond acceptors (Lipinski definition) is 6. The van der Waals surface area contributed by atoms with Gasteiger partial charge in [-0.1, -0.05) is 12.1 Å². The molecule has 0 aliphatic heterocycles. The van der Waals surface area contributed by atoms with Gasteiger partial charge in [0.1, 0.15) is 11.5 Å². The third kappa shape index (κ3) is 7.23. The van der Waals surface area contributed by atoms with Gasteiger partial charge in [0.2, 0.25) is 0 Å². The van der Waals surface area contributed by atoms with E-state index in [1.165, 1.54) is 0 Å². The molecule has 32 heavy (non-hydrogen) atoms. The summed E-state index contributed by atoms with van der Waals surface area (Å²) in [7, 11) is 4.77. The first-order valence-electron chi connectivity index (χ1n) is 10.7. The van der Waals surface area contributed by atoms with Crippen molar-refractivity contribution >= 4 is 5.96 Å². The zero-order valence-corrected chi connectivity index (χ0v) is 19.8. The molecule has 176 valence electrons. The van der Waals surface area contributed by atoms with Gasteiger partial charge in [0, 0.05) is 24.7 Å². The fraction of sp³-hybridized carbons (Fsp3) is 0.458. The highest BCUT2D eigenvalue weighted by Crippen LogP contribution is 2.34. The molecule has 1 atom stereocenters. The predicted octanol–water partition coefficient (Wildman–Crippen LogP) is 3.29. The van der Waals surface area contributed by atoms with E-state index < -0.39 is 6.10 Å². The van der Waals surface area contributed by atoms with E-state index in [1.54, 1.807) is 27.4 Å². The lowest BCUT2D eigenvalue weighted by molar-refractivity contribution is 0.180. The maximum atomic E-state index is 10.6. The number of hydrogen-bond donors (Lipinski definition) is 3. The number of nitrogens with one attached hydrogen (secondary N) is 2. The van der Waals surface area contributed by atoms with Gasteiger partial charge >= 0.3 is 0 Å².